The van der Waals surface area contributed by atoms with Gasteiger partial charge in [0.1, 0.15) is 5.75 Å². The van der Waals surface area contributed by atoms with Crippen molar-refractivity contribution in [3.8, 4) is 5.75 Å². The standard InChI is InChI=1S/C19H20ClNO/c1-21-10-13-7-6-12-4-2-3-5-15(12)19(13)16-9-18(22)17(20)8-14(16)11-21/h2-5,8-9,13,19,22H,6-7,10-11H2,1H3. The van der Waals surface area contributed by atoms with E-state index in [4.69, 9.17) is 11.6 Å². The van der Waals surface area contributed by atoms with Crippen LogP contribution in [0.5, 0.6) is 5.75 Å². The van der Waals surface area contributed by atoms with Gasteiger partial charge in [0.05, 0.1) is 5.02 Å². The third kappa shape index (κ3) is 2.22. The van der Waals surface area contributed by atoms with Crippen molar-refractivity contribution in [2.75, 3.05) is 13.6 Å². The van der Waals surface area contributed by atoms with Gasteiger partial charge in [0.15, 0.2) is 0 Å². The Hall–Kier alpha value is -1.51. The molecule has 2 nitrogen and oxygen atoms in total. The maximum atomic E-state index is 10.1. The molecule has 2 atom stereocenters. The maximum absolute atomic E-state index is 10.1. The zero-order valence-corrected chi connectivity index (χ0v) is 13.5. The molecule has 1 aliphatic heterocycles. The fraction of sp³-hybridized carbons (Fsp3) is 0.368. The number of aromatic hydroxyl groups is 1. The Labute approximate surface area is 136 Å². The van der Waals surface area contributed by atoms with Gasteiger partial charge in [-0.2, -0.15) is 0 Å². The fourth-order valence-electron chi connectivity index (χ4n) is 4.25. The number of rotatable bonds is 0. The largest absolute Gasteiger partial charge is 0.506 e. The lowest BCUT2D eigenvalue weighted by molar-refractivity contribution is 0.254. The summed E-state index contributed by atoms with van der Waals surface area (Å²) in [5, 5.41) is 10.6. The summed E-state index contributed by atoms with van der Waals surface area (Å²) in [5.41, 5.74) is 5.38. The normalized spacial score (nSPS) is 24.1. The van der Waals surface area contributed by atoms with Crippen LogP contribution in [0, 0.1) is 5.92 Å². The first kappa shape index (κ1) is 14.1. The Morgan fingerprint density at radius 2 is 1.95 bits per heavy atom. The first-order chi connectivity index (χ1) is 10.6. The van der Waals surface area contributed by atoms with Crippen LogP contribution in [0.1, 0.15) is 34.6 Å². The molecule has 4 rings (SSSR count). The number of benzene rings is 2. The van der Waals surface area contributed by atoms with Crippen molar-refractivity contribution in [3.05, 3.63) is 63.7 Å². The predicted molar refractivity (Wildman–Crippen MR) is 89.5 cm³/mol. The summed E-state index contributed by atoms with van der Waals surface area (Å²) >= 11 is 6.15. The van der Waals surface area contributed by atoms with E-state index in [9.17, 15) is 5.11 Å². The molecular weight excluding hydrogens is 294 g/mol. The summed E-state index contributed by atoms with van der Waals surface area (Å²) in [6.45, 7) is 1.98. The number of hydrogen-bond donors (Lipinski definition) is 1. The lowest BCUT2D eigenvalue weighted by Gasteiger charge is -2.34. The number of phenols is 1. The molecule has 1 heterocycles. The Morgan fingerprint density at radius 3 is 2.82 bits per heavy atom. The lowest BCUT2D eigenvalue weighted by Crippen LogP contribution is -2.29. The molecule has 3 heteroatoms. The molecule has 2 unspecified atom stereocenters. The minimum Gasteiger partial charge on any atom is -0.506 e. The highest BCUT2D eigenvalue weighted by molar-refractivity contribution is 6.32. The molecule has 0 aromatic heterocycles. The van der Waals surface area contributed by atoms with Gasteiger partial charge in [0.2, 0.25) is 0 Å². The second-order valence-corrected chi connectivity index (χ2v) is 7.08. The van der Waals surface area contributed by atoms with E-state index in [1.807, 2.05) is 12.1 Å². The summed E-state index contributed by atoms with van der Waals surface area (Å²) in [5.74, 6) is 1.17. The van der Waals surface area contributed by atoms with Crippen molar-refractivity contribution in [1.29, 1.82) is 0 Å². The van der Waals surface area contributed by atoms with E-state index < -0.39 is 0 Å². The molecule has 1 N–H and O–H groups in total. The van der Waals surface area contributed by atoms with Gasteiger partial charge in [0, 0.05) is 19.0 Å². The van der Waals surface area contributed by atoms with Crippen molar-refractivity contribution < 1.29 is 5.11 Å². The van der Waals surface area contributed by atoms with Crippen molar-refractivity contribution in [1.82, 2.24) is 4.90 Å². The summed E-state index contributed by atoms with van der Waals surface area (Å²) in [4.78, 5) is 2.38. The van der Waals surface area contributed by atoms with Crippen molar-refractivity contribution in [3.63, 3.8) is 0 Å². The molecule has 0 saturated carbocycles. The summed E-state index contributed by atoms with van der Waals surface area (Å²) in [6, 6.07) is 12.6. The van der Waals surface area contributed by atoms with E-state index in [0.29, 0.717) is 16.9 Å². The van der Waals surface area contributed by atoms with Crippen LogP contribution < -0.4 is 0 Å². The zero-order valence-electron chi connectivity index (χ0n) is 12.7. The average molecular weight is 314 g/mol. The molecule has 0 radical (unpaired) electrons. The van der Waals surface area contributed by atoms with Crippen molar-refractivity contribution >= 4 is 11.6 Å². The molecule has 2 aliphatic rings. The van der Waals surface area contributed by atoms with Gasteiger partial charge in [0.25, 0.3) is 0 Å². The first-order valence-electron chi connectivity index (χ1n) is 7.91. The van der Waals surface area contributed by atoms with E-state index >= 15 is 0 Å². The minimum absolute atomic E-state index is 0.201. The van der Waals surface area contributed by atoms with Gasteiger partial charge in [-0.25, -0.2) is 0 Å². The van der Waals surface area contributed by atoms with E-state index in [0.717, 1.165) is 19.5 Å². The van der Waals surface area contributed by atoms with Gasteiger partial charge in [-0.1, -0.05) is 35.9 Å². The van der Waals surface area contributed by atoms with E-state index in [1.54, 1.807) is 0 Å². The van der Waals surface area contributed by atoms with Gasteiger partial charge in [-0.15, -0.1) is 0 Å². The monoisotopic (exact) mass is 313 g/mol. The zero-order chi connectivity index (χ0) is 15.3. The number of nitrogens with zero attached hydrogens (tertiary/aromatic N) is 1. The lowest BCUT2D eigenvalue weighted by atomic mass is 9.71. The van der Waals surface area contributed by atoms with Crippen LogP contribution in [-0.2, 0) is 13.0 Å². The average Bonchev–Trinajstić information content (AvgIpc) is 2.63. The Bertz CT molecular complexity index is 727. The van der Waals surface area contributed by atoms with Crippen LogP contribution in [0.25, 0.3) is 0 Å². The fourth-order valence-corrected chi connectivity index (χ4v) is 4.43. The van der Waals surface area contributed by atoms with Gasteiger partial charge in [-0.3, -0.25) is 0 Å². The Balaban J connectivity index is 1.94. The maximum Gasteiger partial charge on any atom is 0.134 e. The second kappa shape index (κ2) is 5.29. The molecule has 0 spiro atoms. The number of fused-ring (bicyclic) bond motifs is 5. The van der Waals surface area contributed by atoms with Gasteiger partial charge in [-0.05, 0) is 60.2 Å². The predicted octanol–water partition coefficient (Wildman–Crippen LogP) is 4.19. The third-order valence-corrected chi connectivity index (χ3v) is 5.48. The van der Waals surface area contributed by atoms with Crippen LogP contribution in [0.2, 0.25) is 5.02 Å². The molecule has 114 valence electrons. The summed E-state index contributed by atoms with van der Waals surface area (Å²) < 4.78 is 0. The highest BCUT2D eigenvalue weighted by Crippen LogP contribution is 2.46. The van der Waals surface area contributed by atoms with Crippen LogP contribution in [0.15, 0.2) is 36.4 Å². The molecule has 2 aromatic rings. The Kier molecular flexibility index (Phi) is 3.39. The van der Waals surface area contributed by atoms with E-state index in [2.05, 4.69) is 36.2 Å². The molecule has 0 saturated heterocycles. The molecule has 2 aromatic carbocycles. The molecule has 1 aliphatic carbocycles. The van der Waals surface area contributed by atoms with Crippen LogP contribution in [-0.4, -0.2) is 23.6 Å². The molecule has 0 fully saturated rings. The molecular formula is C19H20ClNO. The first-order valence-corrected chi connectivity index (χ1v) is 8.29. The van der Waals surface area contributed by atoms with Crippen LogP contribution >= 0.6 is 11.6 Å². The molecule has 0 bridgehead atoms. The van der Waals surface area contributed by atoms with Crippen LogP contribution in [0.3, 0.4) is 0 Å². The number of hydrogen-bond acceptors (Lipinski definition) is 2. The SMILES string of the molecule is CN1Cc2cc(Cl)c(O)cc2C2c3ccccc3CCC2C1. The quantitative estimate of drug-likeness (QED) is 0.788. The smallest absolute Gasteiger partial charge is 0.134 e. The van der Waals surface area contributed by atoms with Gasteiger partial charge < -0.3 is 10.0 Å². The van der Waals surface area contributed by atoms with Gasteiger partial charge >= 0.3 is 0 Å². The second-order valence-electron chi connectivity index (χ2n) is 6.67. The summed E-state index contributed by atoms with van der Waals surface area (Å²) in [7, 11) is 2.17. The van der Waals surface area contributed by atoms with Crippen LogP contribution in [0.4, 0.5) is 0 Å². The molecule has 22 heavy (non-hydrogen) atoms. The highest BCUT2D eigenvalue weighted by atomic mass is 35.5. The Morgan fingerprint density at radius 1 is 1.14 bits per heavy atom. The summed E-state index contributed by atoms with van der Waals surface area (Å²) in [6.07, 6.45) is 2.36. The molecule has 0 amide bonds. The number of phenolic OH excluding ortho intramolecular Hbond substituents is 1. The van der Waals surface area contributed by atoms with Crippen molar-refractivity contribution in [2.24, 2.45) is 5.92 Å². The van der Waals surface area contributed by atoms with E-state index in [-0.39, 0.29) is 5.75 Å². The number of aryl methyl sites for hydroxylation is 1. The van der Waals surface area contributed by atoms with E-state index in [1.165, 1.54) is 28.7 Å². The third-order valence-electron chi connectivity index (χ3n) is 5.18. The minimum atomic E-state index is 0.201. The van der Waals surface area contributed by atoms with Crippen molar-refractivity contribution in [2.45, 2.75) is 25.3 Å². The highest BCUT2D eigenvalue weighted by Gasteiger charge is 2.35. The number of halogens is 1. The topological polar surface area (TPSA) is 23.5 Å².